The van der Waals surface area contributed by atoms with Crippen molar-refractivity contribution in [3.05, 3.63) is 46.8 Å². The van der Waals surface area contributed by atoms with E-state index in [1.54, 1.807) is 29.7 Å². The number of rotatable bonds is 3. The average Bonchev–Trinajstić information content (AvgIpc) is 2.71. The van der Waals surface area contributed by atoms with Gasteiger partial charge in [-0.05, 0) is 25.1 Å². The first-order valence-corrected chi connectivity index (χ1v) is 5.42. The largest absolute Gasteiger partial charge is 0.493 e. The number of hydrogen-bond acceptors (Lipinski definition) is 3. The molecule has 2 aromatic heterocycles. The van der Waals surface area contributed by atoms with Crippen LogP contribution in [0.15, 0.2) is 24.0 Å². The van der Waals surface area contributed by atoms with Gasteiger partial charge in [0.05, 0.1) is 25.1 Å². The van der Waals surface area contributed by atoms with Crippen molar-refractivity contribution in [2.75, 3.05) is 7.11 Å². The van der Waals surface area contributed by atoms with Gasteiger partial charge >= 0.3 is 5.97 Å². The maximum atomic E-state index is 10.9. The van der Waals surface area contributed by atoms with Crippen molar-refractivity contribution in [2.24, 2.45) is 0 Å². The van der Waals surface area contributed by atoms with Crippen molar-refractivity contribution >= 4 is 17.7 Å². The predicted octanol–water partition coefficient (Wildman–Crippen LogP) is 2.00. The second kappa shape index (κ2) is 4.82. The Morgan fingerprint density at radius 1 is 1.63 bits per heavy atom. The number of imidazole rings is 1. The molecule has 0 fully saturated rings. The molecule has 0 unspecified atom stereocenters. The second-order valence-electron chi connectivity index (χ2n) is 3.80. The van der Waals surface area contributed by atoms with E-state index in [0.717, 1.165) is 0 Å². The Labute approximate surface area is 109 Å². The number of ether oxygens (including phenoxy) is 1. The Kier molecular flexibility index (Phi) is 3.21. The summed E-state index contributed by atoms with van der Waals surface area (Å²) in [4.78, 5) is 18.2. The van der Waals surface area contributed by atoms with Crippen molar-refractivity contribution in [3.63, 3.8) is 0 Å². The molecule has 0 radical (unpaired) electrons. The lowest BCUT2D eigenvalue weighted by molar-refractivity contribution is -0.132. The molecule has 6 nitrogen and oxygen atoms in total. The van der Waals surface area contributed by atoms with Crippen molar-refractivity contribution in [1.29, 1.82) is 0 Å². The molecule has 1 N–H and O–H groups in total. The summed E-state index contributed by atoms with van der Waals surface area (Å²) in [5.41, 5.74) is 1.42. The van der Waals surface area contributed by atoms with E-state index in [4.69, 9.17) is 16.4 Å². The molecule has 0 saturated carbocycles. The zero-order valence-electron chi connectivity index (χ0n) is 10.4. The summed E-state index contributed by atoms with van der Waals surface area (Å²) >= 11 is 0. The predicted molar refractivity (Wildman–Crippen MR) is 68.7 cm³/mol. The van der Waals surface area contributed by atoms with Gasteiger partial charge in [0.2, 0.25) is 0 Å². The number of fused-ring (bicyclic) bond motifs is 1. The fraction of sp³-hybridized carbons (Fsp3) is 0.154. The topological polar surface area (TPSA) is 68.2 Å². The summed E-state index contributed by atoms with van der Waals surface area (Å²) in [6, 6.07) is 3.53. The van der Waals surface area contributed by atoms with Gasteiger partial charge in [-0.3, -0.25) is 9.20 Å². The molecule has 2 rings (SSSR count). The van der Waals surface area contributed by atoms with E-state index < -0.39 is 5.97 Å². The number of carboxylic acids is 1. The van der Waals surface area contributed by atoms with E-state index >= 15 is 0 Å². The zero-order chi connectivity index (χ0) is 14.0. The van der Waals surface area contributed by atoms with Crippen molar-refractivity contribution in [3.8, 4) is 5.75 Å². The number of carbonyl (C=O) groups is 1. The van der Waals surface area contributed by atoms with Crippen LogP contribution in [0.5, 0.6) is 5.75 Å². The number of pyridine rings is 1. The average molecular weight is 257 g/mol. The number of hydrogen-bond donors (Lipinski definition) is 1. The summed E-state index contributed by atoms with van der Waals surface area (Å²) in [6.45, 7) is 8.62. The smallest absolute Gasteiger partial charge is 0.333 e. The molecule has 2 aromatic rings. The lowest BCUT2D eigenvalue weighted by atomic mass is 10.3. The van der Waals surface area contributed by atoms with E-state index in [-0.39, 0.29) is 5.70 Å². The second-order valence-corrected chi connectivity index (χ2v) is 3.80. The molecule has 0 atom stereocenters. The van der Waals surface area contributed by atoms with Gasteiger partial charge in [-0.1, -0.05) is 0 Å². The van der Waals surface area contributed by atoms with E-state index in [0.29, 0.717) is 22.8 Å². The molecule has 0 bridgehead atoms. The summed E-state index contributed by atoms with van der Waals surface area (Å²) < 4.78 is 6.89. The highest BCUT2D eigenvalue weighted by atomic mass is 16.5. The fourth-order valence-corrected chi connectivity index (χ4v) is 1.78. The molecule has 96 valence electrons. The molecular formula is C13H11N3O3. The molecular weight excluding hydrogens is 246 g/mol. The number of aryl methyl sites for hydroxylation is 1. The molecule has 6 heteroatoms. The molecule has 0 aliphatic carbocycles. The summed E-state index contributed by atoms with van der Waals surface area (Å²) in [5.74, 6) is -0.669. The maximum absolute atomic E-state index is 10.9. The number of aliphatic carboxylic acids is 1. The van der Waals surface area contributed by atoms with Crippen LogP contribution in [0, 0.1) is 13.5 Å². The molecule has 0 amide bonds. The fourth-order valence-electron chi connectivity index (χ4n) is 1.78. The number of methoxy groups -OCH3 is 1. The Morgan fingerprint density at radius 3 is 2.95 bits per heavy atom. The summed E-state index contributed by atoms with van der Waals surface area (Å²) in [6.07, 6.45) is 3.05. The minimum atomic E-state index is -1.26. The van der Waals surface area contributed by atoms with E-state index in [1.807, 2.05) is 0 Å². The summed E-state index contributed by atoms with van der Waals surface area (Å²) in [7, 11) is 1.54. The molecule has 0 aliphatic rings. The highest BCUT2D eigenvalue weighted by Crippen LogP contribution is 2.23. The SMILES string of the molecule is [C-]#[N+]/C(=C\c1c(C)nc2c(OC)cccn12)C(=O)O. The molecule has 0 aliphatic heterocycles. The van der Waals surface area contributed by atoms with Crippen LogP contribution in [-0.2, 0) is 4.79 Å². The van der Waals surface area contributed by atoms with Gasteiger partial charge in [0.15, 0.2) is 11.4 Å². The maximum Gasteiger partial charge on any atom is 0.333 e. The standard InChI is InChI=1S/C13H11N3O3/c1-8-10(7-9(14-2)13(17)18)16-6-4-5-11(19-3)12(16)15-8/h4-7H,1,3H3,(H,17,18)/b9-7-. The third-order valence-corrected chi connectivity index (χ3v) is 2.67. The Balaban J connectivity index is 2.72. The van der Waals surface area contributed by atoms with E-state index in [1.165, 1.54) is 13.2 Å². The van der Waals surface area contributed by atoms with Crippen molar-refractivity contribution in [1.82, 2.24) is 9.38 Å². The highest BCUT2D eigenvalue weighted by molar-refractivity contribution is 5.94. The molecule has 0 saturated heterocycles. The first-order chi connectivity index (χ1) is 9.08. The van der Waals surface area contributed by atoms with Crippen LogP contribution in [0.2, 0.25) is 0 Å². The molecule has 0 spiro atoms. The zero-order valence-corrected chi connectivity index (χ0v) is 10.4. The van der Waals surface area contributed by atoms with Crippen molar-refractivity contribution < 1.29 is 14.6 Å². The minimum absolute atomic E-state index is 0.354. The van der Waals surface area contributed by atoms with Crippen LogP contribution in [0.3, 0.4) is 0 Å². The van der Waals surface area contributed by atoms with Gasteiger partial charge in [0, 0.05) is 6.20 Å². The molecule has 19 heavy (non-hydrogen) atoms. The molecule has 2 heterocycles. The first kappa shape index (κ1) is 12.6. The van der Waals surface area contributed by atoms with E-state index in [9.17, 15) is 4.79 Å². The Bertz CT molecular complexity index is 723. The van der Waals surface area contributed by atoms with Gasteiger partial charge in [-0.15, -0.1) is 0 Å². The molecule has 0 aromatic carbocycles. The highest BCUT2D eigenvalue weighted by Gasteiger charge is 2.13. The van der Waals surface area contributed by atoms with Crippen LogP contribution in [-0.4, -0.2) is 27.6 Å². The van der Waals surface area contributed by atoms with E-state index in [2.05, 4.69) is 9.83 Å². The minimum Gasteiger partial charge on any atom is -0.493 e. The number of carboxylic acid groups (broad SMARTS) is 1. The van der Waals surface area contributed by atoms with Gasteiger partial charge in [-0.2, -0.15) is 0 Å². The van der Waals surface area contributed by atoms with Gasteiger partial charge in [-0.25, -0.2) is 9.83 Å². The van der Waals surface area contributed by atoms with Gasteiger partial charge in [0.25, 0.3) is 5.70 Å². The van der Waals surface area contributed by atoms with Gasteiger partial charge < -0.3 is 9.84 Å². The van der Waals surface area contributed by atoms with Crippen LogP contribution in [0.4, 0.5) is 0 Å². The van der Waals surface area contributed by atoms with Crippen LogP contribution >= 0.6 is 0 Å². The third-order valence-electron chi connectivity index (χ3n) is 2.67. The van der Waals surface area contributed by atoms with Crippen molar-refractivity contribution in [2.45, 2.75) is 6.92 Å². The number of nitrogens with zero attached hydrogens (tertiary/aromatic N) is 3. The Morgan fingerprint density at radius 2 is 2.37 bits per heavy atom. The lowest BCUT2D eigenvalue weighted by Gasteiger charge is -2.02. The monoisotopic (exact) mass is 257 g/mol. The third kappa shape index (κ3) is 2.13. The Hall–Kier alpha value is -2.81. The first-order valence-electron chi connectivity index (χ1n) is 5.42. The lowest BCUT2D eigenvalue weighted by Crippen LogP contribution is -1.97. The van der Waals surface area contributed by atoms with Crippen LogP contribution < -0.4 is 4.74 Å². The quantitative estimate of drug-likeness (QED) is 0.674. The number of aromatic nitrogens is 2. The summed E-state index contributed by atoms with van der Waals surface area (Å²) in [5, 5.41) is 8.90. The van der Waals surface area contributed by atoms with Crippen LogP contribution in [0.25, 0.3) is 16.6 Å². The normalized spacial score (nSPS) is 11.3. The van der Waals surface area contributed by atoms with Gasteiger partial charge in [0.1, 0.15) is 0 Å². The van der Waals surface area contributed by atoms with Crippen LogP contribution in [0.1, 0.15) is 11.4 Å².